The molecule has 6 nitrogen and oxygen atoms in total. The molecule has 1 aromatic rings. The van der Waals surface area contributed by atoms with Crippen LogP contribution < -0.4 is 5.32 Å². The summed E-state index contributed by atoms with van der Waals surface area (Å²) in [5, 5.41) is 2.71. The van der Waals surface area contributed by atoms with Crippen LogP contribution >= 0.6 is 0 Å². The number of ether oxygens (including phenoxy) is 1. The van der Waals surface area contributed by atoms with Gasteiger partial charge in [0.05, 0.1) is 5.92 Å². The molecule has 192 valence electrons. The highest BCUT2D eigenvalue weighted by Gasteiger charge is 2.43. The third kappa shape index (κ3) is 8.99. The summed E-state index contributed by atoms with van der Waals surface area (Å²) in [6.07, 6.45) is -0.246. The average Bonchev–Trinajstić information content (AvgIpc) is 2.73. The summed E-state index contributed by atoms with van der Waals surface area (Å²) in [5.41, 5.74) is 0.872. The number of esters is 1. The lowest BCUT2D eigenvalue weighted by molar-refractivity contribution is -0.151. The lowest BCUT2D eigenvalue weighted by Gasteiger charge is -2.40. The first-order valence-corrected chi connectivity index (χ1v) is 15.2. The minimum Gasteiger partial charge on any atom is -0.459 e. The number of carbonyl (C=O) groups is 3. The van der Waals surface area contributed by atoms with Crippen molar-refractivity contribution in [1.82, 2.24) is 5.32 Å². The first kappa shape index (κ1) is 30.0. The Kier molecular flexibility index (Phi) is 11.2. The van der Waals surface area contributed by atoms with Crippen LogP contribution in [0.15, 0.2) is 30.3 Å². The molecule has 0 aliphatic rings. The van der Waals surface area contributed by atoms with Gasteiger partial charge in [0.2, 0.25) is 5.91 Å². The lowest BCUT2D eigenvalue weighted by Crippen LogP contribution is -2.51. The molecule has 0 aliphatic heterocycles. The summed E-state index contributed by atoms with van der Waals surface area (Å²) in [4.78, 5) is 39.2. The van der Waals surface area contributed by atoms with E-state index in [9.17, 15) is 14.4 Å². The Morgan fingerprint density at radius 2 is 1.53 bits per heavy atom. The zero-order chi connectivity index (χ0) is 26.3. The Balaban J connectivity index is 2.92. The fraction of sp³-hybridized carbons (Fsp3) is 0.667. The number of nitrogens with one attached hydrogen (secondary N) is 1. The van der Waals surface area contributed by atoms with Crippen molar-refractivity contribution in [3.8, 4) is 0 Å². The van der Waals surface area contributed by atoms with Gasteiger partial charge >= 0.3 is 5.97 Å². The maximum absolute atomic E-state index is 13.3. The van der Waals surface area contributed by atoms with Gasteiger partial charge < -0.3 is 14.5 Å². The molecule has 0 bridgehead atoms. The molecule has 0 fully saturated rings. The van der Waals surface area contributed by atoms with E-state index in [0.29, 0.717) is 6.42 Å². The molecule has 0 heterocycles. The Morgan fingerprint density at radius 1 is 0.971 bits per heavy atom. The van der Waals surface area contributed by atoms with E-state index in [4.69, 9.17) is 9.16 Å². The highest BCUT2D eigenvalue weighted by Crippen LogP contribution is 2.38. The fourth-order valence-corrected chi connectivity index (χ4v) is 4.58. The molecular weight excluding hydrogens is 446 g/mol. The van der Waals surface area contributed by atoms with Gasteiger partial charge in [-0.2, -0.15) is 0 Å². The summed E-state index contributed by atoms with van der Waals surface area (Å²) in [5.74, 6) is -2.07. The van der Waals surface area contributed by atoms with Crippen molar-refractivity contribution >= 4 is 26.0 Å². The van der Waals surface area contributed by atoms with E-state index in [1.54, 1.807) is 6.92 Å². The Morgan fingerprint density at radius 3 is 2.00 bits per heavy atom. The third-order valence-electron chi connectivity index (χ3n) is 6.47. The Hall–Kier alpha value is -1.99. The van der Waals surface area contributed by atoms with E-state index in [0.717, 1.165) is 5.56 Å². The van der Waals surface area contributed by atoms with Crippen LogP contribution in [0.3, 0.4) is 0 Å². The van der Waals surface area contributed by atoms with Crippen LogP contribution in [0.1, 0.15) is 67.4 Å². The summed E-state index contributed by atoms with van der Waals surface area (Å²) in [6, 6.07) is 8.58. The molecule has 0 aliphatic carbocycles. The zero-order valence-corrected chi connectivity index (χ0v) is 23.7. The fourth-order valence-electron chi connectivity index (χ4n) is 3.20. The quantitative estimate of drug-likeness (QED) is 0.237. The minimum atomic E-state index is -2.22. The second-order valence-electron chi connectivity index (χ2n) is 11.5. The Labute approximate surface area is 207 Å². The predicted molar refractivity (Wildman–Crippen MR) is 139 cm³/mol. The number of ketones is 1. The molecule has 7 heteroatoms. The second kappa shape index (κ2) is 12.6. The van der Waals surface area contributed by atoms with Crippen LogP contribution in [0.5, 0.6) is 0 Å². The van der Waals surface area contributed by atoms with Gasteiger partial charge in [0.1, 0.15) is 18.8 Å². The Bertz CT molecular complexity index is 814. The summed E-state index contributed by atoms with van der Waals surface area (Å²) in [6.45, 7) is 20.1. The van der Waals surface area contributed by atoms with Gasteiger partial charge in [-0.05, 0) is 48.9 Å². The van der Waals surface area contributed by atoms with Crippen molar-refractivity contribution in [3.05, 3.63) is 35.9 Å². The van der Waals surface area contributed by atoms with Gasteiger partial charge in [-0.1, -0.05) is 78.8 Å². The smallest absolute Gasteiger partial charge is 0.328 e. The molecule has 0 aromatic heterocycles. The maximum Gasteiger partial charge on any atom is 0.328 e. The molecule has 34 heavy (non-hydrogen) atoms. The number of hydrogen-bond donors (Lipinski definition) is 1. The van der Waals surface area contributed by atoms with Gasteiger partial charge in [0.25, 0.3) is 0 Å². The van der Waals surface area contributed by atoms with Crippen molar-refractivity contribution in [2.24, 2.45) is 17.8 Å². The monoisotopic (exact) mass is 491 g/mol. The van der Waals surface area contributed by atoms with Crippen LogP contribution in [0.2, 0.25) is 18.1 Å². The number of carbonyl (C=O) groups excluding carboxylic acids is 3. The second-order valence-corrected chi connectivity index (χ2v) is 16.2. The van der Waals surface area contributed by atoms with Gasteiger partial charge in [-0.15, -0.1) is 0 Å². The van der Waals surface area contributed by atoms with Crippen LogP contribution in [0.25, 0.3) is 0 Å². The average molecular weight is 492 g/mol. The van der Waals surface area contributed by atoms with Gasteiger partial charge in [0.15, 0.2) is 14.1 Å². The molecule has 0 saturated heterocycles. The largest absolute Gasteiger partial charge is 0.459 e. The van der Waals surface area contributed by atoms with Crippen molar-refractivity contribution < 1.29 is 23.5 Å². The minimum absolute atomic E-state index is 0.0587. The summed E-state index contributed by atoms with van der Waals surface area (Å²) < 4.78 is 11.9. The van der Waals surface area contributed by atoms with E-state index in [2.05, 4.69) is 39.2 Å². The molecule has 0 spiro atoms. The number of hydrogen-bond acceptors (Lipinski definition) is 5. The molecular formula is C27H45NO5Si. The lowest BCUT2D eigenvalue weighted by atomic mass is 9.93. The molecule has 1 rings (SSSR count). The number of amides is 1. The number of rotatable bonds is 12. The van der Waals surface area contributed by atoms with Crippen molar-refractivity contribution in [2.45, 2.75) is 98.7 Å². The van der Waals surface area contributed by atoms with E-state index >= 15 is 0 Å². The van der Waals surface area contributed by atoms with Gasteiger partial charge in [-0.3, -0.25) is 9.59 Å². The highest BCUT2D eigenvalue weighted by molar-refractivity contribution is 6.74. The maximum atomic E-state index is 13.3. The van der Waals surface area contributed by atoms with E-state index in [1.807, 2.05) is 58.0 Å². The topological polar surface area (TPSA) is 81.7 Å². The number of benzene rings is 1. The van der Waals surface area contributed by atoms with Crippen LogP contribution in [0, 0.1) is 17.8 Å². The van der Waals surface area contributed by atoms with Crippen molar-refractivity contribution in [1.29, 1.82) is 0 Å². The molecule has 3 atom stereocenters. The summed E-state index contributed by atoms with van der Waals surface area (Å²) in [7, 11) is -2.22. The predicted octanol–water partition coefficient (Wildman–Crippen LogP) is 5.51. The SMILES string of the molecule is CC(C)C[C@H](NC(=O)C(C)C(=O)[C@@H](O[Si](C)(C)C(C)(C)C)C(C)C)C(=O)OCc1ccccc1. The number of Topliss-reactive ketones (excluding diaryl/α,β-unsaturated/α-hetero) is 1. The van der Waals surface area contributed by atoms with E-state index < -0.39 is 38.3 Å². The van der Waals surface area contributed by atoms with Gasteiger partial charge in [-0.25, -0.2) is 4.79 Å². The van der Waals surface area contributed by atoms with Crippen molar-refractivity contribution in [2.75, 3.05) is 0 Å². The van der Waals surface area contributed by atoms with Crippen LogP contribution in [-0.2, 0) is 30.2 Å². The first-order chi connectivity index (χ1) is 15.6. The van der Waals surface area contributed by atoms with Crippen molar-refractivity contribution in [3.63, 3.8) is 0 Å². The molecule has 1 N–H and O–H groups in total. The summed E-state index contributed by atoms with van der Waals surface area (Å²) >= 11 is 0. The highest BCUT2D eigenvalue weighted by atomic mass is 28.4. The van der Waals surface area contributed by atoms with E-state index in [1.165, 1.54) is 0 Å². The van der Waals surface area contributed by atoms with E-state index in [-0.39, 0.29) is 29.3 Å². The normalized spacial score (nSPS) is 15.1. The molecule has 0 saturated carbocycles. The molecule has 1 aromatic carbocycles. The third-order valence-corrected chi connectivity index (χ3v) is 10.9. The molecule has 1 unspecified atom stereocenters. The van der Waals surface area contributed by atoms with Crippen LogP contribution in [-0.4, -0.2) is 38.1 Å². The molecule has 0 radical (unpaired) electrons. The van der Waals surface area contributed by atoms with Crippen LogP contribution in [0.4, 0.5) is 0 Å². The standard InChI is InChI=1S/C27H45NO5Si/c1-18(2)16-22(26(31)32-17-21-14-12-11-13-15-21)28-25(30)20(5)23(29)24(19(3)4)33-34(9,10)27(6,7)8/h11-15,18-20,22,24H,16-17H2,1-10H3,(H,28,30)/t20?,22-,24-/m0/s1. The van der Waals surface area contributed by atoms with Gasteiger partial charge in [0, 0.05) is 0 Å². The zero-order valence-electron chi connectivity index (χ0n) is 22.7. The first-order valence-electron chi connectivity index (χ1n) is 12.3. The molecule has 1 amide bonds.